The predicted molar refractivity (Wildman–Crippen MR) is 125 cm³/mol. The highest BCUT2D eigenvalue weighted by atomic mass is 16.5. The Labute approximate surface area is 189 Å². The van der Waals surface area contributed by atoms with Gasteiger partial charge < -0.3 is 9.47 Å². The summed E-state index contributed by atoms with van der Waals surface area (Å²) in [6.07, 6.45) is 0. The third-order valence-electron chi connectivity index (χ3n) is 5.36. The van der Waals surface area contributed by atoms with Gasteiger partial charge in [-0.3, -0.25) is 9.36 Å². The van der Waals surface area contributed by atoms with Gasteiger partial charge >= 0.3 is 11.7 Å². The quantitative estimate of drug-likeness (QED) is 0.439. The number of aromatic nitrogens is 3. The average molecular weight is 445 g/mol. The third kappa shape index (κ3) is 4.03. The first-order valence-corrected chi connectivity index (χ1v) is 10.3. The molecule has 2 aromatic carbocycles. The molecule has 0 radical (unpaired) electrons. The smallest absolute Gasteiger partial charge is 0.338 e. The number of carbonyl (C=O) groups excluding carboxylic acids is 1. The van der Waals surface area contributed by atoms with E-state index in [-0.39, 0.29) is 23.1 Å². The molecule has 4 rings (SSSR count). The molecule has 0 bridgehead atoms. The van der Waals surface area contributed by atoms with Gasteiger partial charge in [-0.1, -0.05) is 35.9 Å². The van der Waals surface area contributed by atoms with Gasteiger partial charge in [-0.05, 0) is 37.6 Å². The summed E-state index contributed by atoms with van der Waals surface area (Å²) in [5.74, 6) is -0.148. The van der Waals surface area contributed by atoms with Crippen LogP contribution in [0.4, 0.5) is 0 Å². The van der Waals surface area contributed by atoms with Crippen LogP contribution in [0.5, 0.6) is 5.75 Å². The molecule has 0 spiro atoms. The van der Waals surface area contributed by atoms with Crippen molar-refractivity contribution in [1.29, 1.82) is 0 Å². The summed E-state index contributed by atoms with van der Waals surface area (Å²) in [6, 6.07) is 15.9. The van der Waals surface area contributed by atoms with Crippen molar-refractivity contribution < 1.29 is 14.3 Å². The third-order valence-corrected chi connectivity index (χ3v) is 5.36. The summed E-state index contributed by atoms with van der Waals surface area (Å²) in [5.41, 5.74) is 1.66. The van der Waals surface area contributed by atoms with Gasteiger partial charge in [0.2, 0.25) is 0 Å². The Bertz CT molecular complexity index is 1500. The lowest BCUT2D eigenvalue weighted by atomic mass is 10.1. The van der Waals surface area contributed by atoms with E-state index in [2.05, 4.69) is 4.98 Å². The van der Waals surface area contributed by atoms with E-state index in [1.165, 1.54) is 24.9 Å². The maximum Gasteiger partial charge on any atom is 0.338 e. The van der Waals surface area contributed by atoms with Crippen LogP contribution in [0.2, 0.25) is 0 Å². The van der Waals surface area contributed by atoms with Crippen LogP contribution >= 0.6 is 0 Å². The molecule has 0 aliphatic heterocycles. The Morgan fingerprint density at radius 1 is 1.00 bits per heavy atom. The van der Waals surface area contributed by atoms with Crippen molar-refractivity contribution in [1.82, 2.24) is 14.1 Å². The van der Waals surface area contributed by atoms with Crippen LogP contribution in [0.1, 0.15) is 27.2 Å². The van der Waals surface area contributed by atoms with E-state index in [4.69, 9.17) is 9.47 Å². The molecule has 0 unspecified atom stereocenters. The Balaban J connectivity index is 2.14. The molecule has 0 saturated heterocycles. The predicted octanol–water partition coefficient (Wildman–Crippen LogP) is 3.01. The van der Waals surface area contributed by atoms with E-state index in [1.807, 2.05) is 31.2 Å². The topological polar surface area (TPSA) is 92.4 Å². The molecule has 0 aliphatic carbocycles. The van der Waals surface area contributed by atoms with E-state index in [1.54, 1.807) is 31.2 Å². The first-order chi connectivity index (χ1) is 15.8. The molecule has 0 saturated carbocycles. The number of esters is 1. The number of methoxy groups -OCH3 is 2. The Morgan fingerprint density at radius 3 is 2.45 bits per heavy atom. The first-order valence-electron chi connectivity index (χ1n) is 10.3. The first kappa shape index (κ1) is 22.0. The zero-order valence-electron chi connectivity index (χ0n) is 18.8. The Kier molecular flexibility index (Phi) is 5.83. The lowest BCUT2D eigenvalue weighted by Crippen LogP contribution is -2.40. The number of benzene rings is 2. The highest BCUT2D eigenvalue weighted by Crippen LogP contribution is 2.21. The SMILES string of the molecule is COC(=O)c1cc(C)nc2c1c(=O)n(Cc1cccc(C)c1)c(=O)n2-c1cccc(OC)c1. The molecule has 0 atom stereocenters. The van der Waals surface area contributed by atoms with Crippen molar-refractivity contribution in [3.8, 4) is 11.4 Å². The van der Waals surface area contributed by atoms with Gasteiger partial charge in [-0.25, -0.2) is 19.1 Å². The fourth-order valence-corrected chi connectivity index (χ4v) is 3.85. The summed E-state index contributed by atoms with van der Waals surface area (Å²) >= 11 is 0. The number of nitrogens with zero attached hydrogens (tertiary/aromatic N) is 3. The van der Waals surface area contributed by atoms with Crippen molar-refractivity contribution in [3.63, 3.8) is 0 Å². The second-order valence-corrected chi connectivity index (χ2v) is 7.70. The molecule has 0 fully saturated rings. The van der Waals surface area contributed by atoms with Crippen LogP contribution in [0.15, 0.2) is 64.2 Å². The minimum Gasteiger partial charge on any atom is -0.497 e. The highest BCUT2D eigenvalue weighted by Gasteiger charge is 2.23. The van der Waals surface area contributed by atoms with Crippen molar-refractivity contribution in [2.75, 3.05) is 14.2 Å². The summed E-state index contributed by atoms with van der Waals surface area (Å²) < 4.78 is 12.7. The second-order valence-electron chi connectivity index (χ2n) is 7.70. The average Bonchev–Trinajstić information content (AvgIpc) is 2.81. The number of fused-ring (bicyclic) bond motifs is 1. The second kappa shape index (κ2) is 8.74. The number of hydrogen-bond donors (Lipinski definition) is 0. The summed E-state index contributed by atoms with van der Waals surface area (Å²) in [7, 11) is 2.77. The molecule has 0 aliphatic rings. The fourth-order valence-electron chi connectivity index (χ4n) is 3.85. The summed E-state index contributed by atoms with van der Waals surface area (Å²) in [4.78, 5) is 44.3. The molecular formula is C25H23N3O5. The van der Waals surface area contributed by atoms with Gasteiger partial charge in [0.15, 0.2) is 5.65 Å². The summed E-state index contributed by atoms with van der Waals surface area (Å²) in [5, 5.41) is 0.0162. The number of pyridine rings is 1. The van der Waals surface area contributed by atoms with Gasteiger partial charge in [0.1, 0.15) is 5.75 Å². The van der Waals surface area contributed by atoms with Crippen molar-refractivity contribution in [2.45, 2.75) is 20.4 Å². The van der Waals surface area contributed by atoms with E-state index in [9.17, 15) is 14.4 Å². The standard InChI is InChI=1S/C25H23N3O5/c1-15-7-5-8-17(11-15)14-27-23(29)21-20(24(30)33-4)12-16(2)26-22(21)28(25(27)31)18-9-6-10-19(13-18)32-3/h5-13H,14H2,1-4H3. The van der Waals surface area contributed by atoms with E-state index >= 15 is 0 Å². The molecule has 2 heterocycles. The van der Waals surface area contributed by atoms with E-state index in [0.717, 1.165) is 15.7 Å². The molecular weight excluding hydrogens is 422 g/mol. The fraction of sp³-hybridized carbons (Fsp3) is 0.200. The molecule has 168 valence electrons. The largest absolute Gasteiger partial charge is 0.497 e. The van der Waals surface area contributed by atoms with Gasteiger partial charge in [0.05, 0.1) is 37.4 Å². The molecule has 4 aromatic rings. The van der Waals surface area contributed by atoms with Crippen LogP contribution in [-0.4, -0.2) is 34.3 Å². The maximum absolute atomic E-state index is 13.7. The number of aryl methyl sites for hydroxylation is 2. The molecule has 2 aromatic heterocycles. The number of ether oxygens (including phenoxy) is 2. The van der Waals surface area contributed by atoms with Crippen LogP contribution in [-0.2, 0) is 11.3 Å². The van der Waals surface area contributed by atoms with Crippen molar-refractivity contribution in [3.05, 3.63) is 97.8 Å². The summed E-state index contributed by atoms with van der Waals surface area (Å²) in [6.45, 7) is 3.65. The Hall–Kier alpha value is -4.20. The van der Waals surface area contributed by atoms with Gasteiger partial charge in [-0.2, -0.15) is 0 Å². The van der Waals surface area contributed by atoms with Crippen molar-refractivity contribution >= 4 is 17.0 Å². The molecule has 0 amide bonds. The van der Waals surface area contributed by atoms with Crippen LogP contribution < -0.4 is 16.0 Å². The van der Waals surface area contributed by atoms with Crippen LogP contribution in [0.3, 0.4) is 0 Å². The van der Waals surface area contributed by atoms with Crippen LogP contribution in [0, 0.1) is 13.8 Å². The monoisotopic (exact) mass is 445 g/mol. The zero-order valence-corrected chi connectivity index (χ0v) is 18.8. The van der Waals surface area contributed by atoms with Crippen molar-refractivity contribution in [2.24, 2.45) is 0 Å². The lowest BCUT2D eigenvalue weighted by Gasteiger charge is -2.16. The Morgan fingerprint density at radius 2 is 1.76 bits per heavy atom. The number of hydrogen-bond acceptors (Lipinski definition) is 6. The number of rotatable bonds is 5. The van der Waals surface area contributed by atoms with E-state index < -0.39 is 17.2 Å². The highest BCUT2D eigenvalue weighted by molar-refractivity contribution is 6.02. The molecule has 0 N–H and O–H groups in total. The van der Waals surface area contributed by atoms with Gasteiger partial charge in [-0.15, -0.1) is 0 Å². The minimum absolute atomic E-state index is 0.0162. The number of carbonyl (C=O) groups is 1. The normalized spacial score (nSPS) is 10.9. The zero-order chi connectivity index (χ0) is 23.7. The molecule has 33 heavy (non-hydrogen) atoms. The van der Waals surface area contributed by atoms with Gasteiger partial charge in [0, 0.05) is 11.8 Å². The van der Waals surface area contributed by atoms with Crippen LogP contribution in [0.25, 0.3) is 16.7 Å². The molecule has 8 nitrogen and oxygen atoms in total. The lowest BCUT2D eigenvalue weighted by molar-refractivity contribution is 0.0602. The maximum atomic E-state index is 13.7. The molecule has 8 heteroatoms. The van der Waals surface area contributed by atoms with Gasteiger partial charge in [0.25, 0.3) is 5.56 Å². The van der Waals surface area contributed by atoms with E-state index in [0.29, 0.717) is 17.1 Å². The minimum atomic E-state index is -0.680.